The van der Waals surface area contributed by atoms with Gasteiger partial charge in [0.15, 0.2) is 16.3 Å². The Morgan fingerprint density at radius 2 is 1.91 bits per heavy atom. The van der Waals surface area contributed by atoms with Crippen molar-refractivity contribution in [3.05, 3.63) is 95.6 Å². The van der Waals surface area contributed by atoms with Crippen LogP contribution in [0.1, 0.15) is 43.9 Å². The van der Waals surface area contributed by atoms with E-state index in [4.69, 9.17) is 42.0 Å². The van der Waals surface area contributed by atoms with E-state index in [9.17, 15) is 9.59 Å². The number of allylic oxidation sites excluding steroid dienone is 1. The number of fused-ring (bicyclic) bond motifs is 2. The van der Waals surface area contributed by atoms with Crippen LogP contribution in [0, 0.1) is 12.3 Å². The number of carbonyl (C=O) groups excluding carboxylic acids is 1. The summed E-state index contributed by atoms with van der Waals surface area (Å²) in [5, 5.41) is 2.08. The molecule has 0 radical (unpaired) electrons. The van der Waals surface area contributed by atoms with E-state index >= 15 is 0 Å². The first kappa shape index (κ1) is 30.9. The first-order chi connectivity index (χ1) is 21.4. The van der Waals surface area contributed by atoms with E-state index in [-0.39, 0.29) is 23.8 Å². The Morgan fingerprint density at radius 1 is 1.14 bits per heavy atom. The number of aromatic nitrogens is 1. The SMILES string of the molecule is C#CCOc1c(Cl)cc(C=c2sc3n(c2=O)C(c2c(OC)ccc4ccccc24)C(C(=O)OCC)=C(CCC)N=3)cc1OC. The second-order valence-electron chi connectivity index (χ2n) is 9.84. The molecule has 2 heterocycles. The van der Waals surface area contributed by atoms with Crippen molar-refractivity contribution in [3.8, 4) is 29.6 Å². The highest BCUT2D eigenvalue weighted by Gasteiger charge is 2.37. The third-order valence-electron chi connectivity index (χ3n) is 7.17. The molecular formula is C34H31ClN2O6S. The van der Waals surface area contributed by atoms with Crippen molar-refractivity contribution in [3.63, 3.8) is 0 Å². The van der Waals surface area contributed by atoms with Crippen molar-refractivity contribution in [2.75, 3.05) is 27.4 Å². The molecule has 0 saturated heterocycles. The summed E-state index contributed by atoms with van der Waals surface area (Å²) >= 11 is 7.75. The molecule has 0 saturated carbocycles. The molecule has 0 N–H and O–H groups in total. The van der Waals surface area contributed by atoms with Crippen LogP contribution in [0.3, 0.4) is 0 Å². The predicted octanol–water partition coefficient (Wildman–Crippen LogP) is 5.41. The second kappa shape index (κ2) is 13.4. The van der Waals surface area contributed by atoms with E-state index in [0.29, 0.717) is 55.4 Å². The van der Waals surface area contributed by atoms with Gasteiger partial charge < -0.3 is 18.9 Å². The normalized spacial score (nSPS) is 14.5. The second-order valence-corrected chi connectivity index (χ2v) is 11.3. The zero-order valence-electron chi connectivity index (χ0n) is 24.8. The Balaban J connectivity index is 1.82. The number of carbonyl (C=O) groups is 1. The van der Waals surface area contributed by atoms with Crippen molar-refractivity contribution in [1.82, 2.24) is 4.57 Å². The molecule has 0 fully saturated rings. The van der Waals surface area contributed by atoms with E-state index in [1.807, 2.05) is 43.3 Å². The van der Waals surface area contributed by atoms with E-state index in [1.165, 1.54) is 18.4 Å². The van der Waals surface area contributed by atoms with E-state index in [2.05, 4.69) is 5.92 Å². The number of esters is 1. The van der Waals surface area contributed by atoms with Crippen LogP contribution in [0.4, 0.5) is 0 Å². The molecule has 0 bridgehead atoms. The zero-order chi connectivity index (χ0) is 31.4. The summed E-state index contributed by atoms with van der Waals surface area (Å²) < 4.78 is 24.4. The lowest BCUT2D eigenvalue weighted by Gasteiger charge is -2.28. The van der Waals surface area contributed by atoms with Crippen LogP contribution in [0.15, 0.2) is 69.6 Å². The molecule has 1 unspecified atom stereocenters. The van der Waals surface area contributed by atoms with Crippen molar-refractivity contribution in [1.29, 1.82) is 0 Å². The largest absolute Gasteiger partial charge is 0.496 e. The summed E-state index contributed by atoms with van der Waals surface area (Å²) in [6.07, 6.45) is 8.32. The summed E-state index contributed by atoms with van der Waals surface area (Å²) in [7, 11) is 3.07. The van der Waals surface area contributed by atoms with Gasteiger partial charge in [-0.05, 0) is 54.0 Å². The summed E-state index contributed by atoms with van der Waals surface area (Å²) in [6, 6.07) is 14.2. The van der Waals surface area contributed by atoms with Gasteiger partial charge >= 0.3 is 5.97 Å². The Morgan fingerprint density at radius 3 is 2.61 bits per heavy atom. The Hall–Kier alpha value is -4.52. The zero-order valence-corrected chi connectivity index (χ0v) is 26.4. The number of methoxy groups -OCH3 is 2. The molecule has 1 aromatic heterocycles. The molecule has 0 spiro atoms. The van der Waals surface area contributed by atoms with Crippen molar-refractivity contribution in [2.45, 2.75) is 32.7 Å². The fourth-order valence-corrected chi connectivity index (χ4v) is 6.65. The third-order valence-corrected chi connectivity index (χ3v) is 8.43. The first-order valence-corrected chi connectivity index (χ1v) is 15.3. The van der Waals surface area contributed by atoms with Crippen LogP contribution in [-0.2, 0) is 9.53 Å². The average Bonchev–Trinajstić information content (AvgIpc) is 3.33. The number of rotatable bonds is 10. The van der Waals surface area contributed by atoms with Gasteiger partial charge in [-0.2, -0.15) is 0 Å². The van der Waals surface area contributed by atoms with Crippen molar-refractivity contribution >= 4 is 45.8 Å². The van der Waals surface area contributed by atoms with E-state index in [1.54, 1.807) is 36.8 Å². The highest BCUT2D eigenvalue weighted by atomic mass is 35.5. The lowest BCUT2D eigenvalue weighted by molar-refractivity contribution is -0.139. The monoisotopic (exact) mass is 630 g/mol. The van der Waals surface area contributed by atoms with Gasteiger partial charge in [0.2, 0.25) is 0 Å². The highest BCUT2D eigenvalue weighted by molar-refractivity contribution is 7.07. The van der Waals surface area contributed by atoms with Gasteiger partial charge in [-0.25, -0.2) is 9.79 Å². The topological polar surface area (TPSA) is 88.4 Å². The molecular weight excluding hydrogens is 600 g/mol. The number of thiazole rings is 1. The fourth-order valence-electron chi connectivity index (χ4n) is 5.36. The minimum absolute atomic E-state index is 0.0224. The van der Waals surface area contributed by atoms with E-state index in [0.717, 1.165) is 17.2 Å². The standard InChI is InChI=1S/C34H31ClN2O6S/c1-6-11-24-29(33(39)42-8-3)30(28-22-13-10-9-12-21(22)14-15-25(28)40-4)37-32(38)27(44-34(37)36-24)19-20-17-23(35)31(43-16-7-2)26(18-20)41-5/h2,9-10,12-15,17-19,30H,6,8,11,16H2,1,3-5H3. The molecule has 8 nitrogen and oxygen atoms in total. The Kier molecular flexibility index (Phi) is 9.43. The molecule has 4 aromatic rings. The molecule has 1 aliphatic heterocycles. The van der Waals surface area contributed by atoms with Gasteiger partial charge in [0.05, 0.1) is 41.7 Å². The molecule has 0 aliphatic carbocycles. The van der Waals surface area contributed by atoms with Gasteiger partial charge in [-0.3, -0.25) is 9.36 Å². The minimum Gasteiger partial charge on any atom is -0.496 e. The summed E-state index contributed by atoms with van der Waals surface area (Å²) in [5.41, 5.74) is 1.88. The van der Waals surface area contributed by atoms with Crippen LogP contribution >= 0.6 is 22.9 Å². The lowest BCUT2D eigenvalue weighted by Crippen LogP contribution is -2.40. The summed E-state index contributed by atoms with van der Waals surface area (Å²) in [5.74, 6) is 3.12. The van der Waals surface area contributed by atoms with Gasteiger partial charge in [-0.15, -0.1) is 6.42 Å². The Labute approximate surface area is 263 Å². The van der Waals surface area contributed by atoms with Crippen LogP contribution < -0.4 is 29.1 Å². The van der Waals surface area contributed by atoms with Gasteiger partial charge in [0.25, 0.3) is 5.56 Å². The average molecular weight is 631 g/mol. The van der Waals surface area contributed by atoms with Gasteiger partial charge in [0, 0.05) is 5.56 Å². The molecule has 0 amide bonds. The predicted molar refractivity (Wildman–Crippen MR) is 172 cm³/mol. The van der Waals surface area contributed by atoms with Crippen LogP contribution in [0.2, 0.25) is 5.02 Å². The smallest absolute Gasteiger partial charge is 0.338 e. The lowest BCUT2D eigenvalue weighted by atomic mass is 9.90. The molecule has 44 heavy (non-hydrogen) atoms. The quantitative estimate of drug-likeness (QED) is 0.172. The van der Waals surface area contributed by atoms with Crippen LogP contribution in [0.25, 0.3) is 16.8 Å². The maximum atomic E-state index is 14.3. The molecule has 5 rings (SSSR count). The molecule has 3 aromatic carbocycles. The maximum Gasteiger partial charge on any atom is 0.338 e. The number of ether oxygens (including phenoxy) is 4. The maximum absolute atomic E-state index is 14.3. The Bertz CT molecular complexity index is 2000. The van der Waals surface area contributed by atoms with E-state index < -0.39 is 12.0 Å². The molecule has 10 heteroatoms. The number of hydrogen-bond acceptors (Lipinski definition) is 8. The number of benzene rings is 3. The minimum atomic E-state index is -0.840. The summed E-state index contributed by atoms with van der Waals surface area (Å²) in [4.78, 5) is 33.3. The first-order valence-electron chi connectivity index (χ1n) is 14.1. The van der Waals surface area contributed by atoms with Crippen molar-refractivity contribution < 1.29 is 23.7 Å². The van der Waals surface area contributed by atoms with Gasteiger partial charge in [0.1, 0.15) is 18.4 Å². The highest BCUT2D eigenvalue weighted by Crippen LogP contribution is 2.41. The number of nitrogens with zero attached hydrogens (tertiary/aromatic N) is 2. The van der Waals surface area contributed by atoms with Crippen molar-refractivity contribution in [2.24, 2.45) is 4.99 Å². The fraction of sp³-hybridized carbons (Fsp3) is 0.265. The van der Waals surface area contributed by atoms with Gasteiger partial charge in [-0.1, -0.05) is 72.5 Å². The molecule has 1 atom stereocenters. The summed E-state index contributed by atoms with van der Waals surface area (Å²) in [6.45, 7) is 3.97. The molecule has 226 valence electrons. The molecule has 1 aliphatic rings. The van der Waals surface area contributed by atoms with Crippen LogP contribution in [0.5, 0.6) is 17.2 Å². The number of hydrogen-bond donors (Lipinski definition) is 0. The number of terminal acetylenes is 1. The third kappa shape index (κ3) is 5.71. The van der Waals surface area contributed by atoms with Crippen LogP contribution in [-0.4, -0.2) is 38.0 Å². The number of halogens is 1.